The minimum absolute atomic E-state index is 0.147. The fraction of sp³-hybridized carbons (Fsp3) is 0.513. The molecule has 5 aliphatic carbocycles. The molecule has 1 aliphatic heterocycles. The summed E-state index contributed by atoms with van der Waals surface area (Å²) in [5, 5.41) is 56.0. The van der Waals surface area contributed by atoms with Gasteiger partial charge in [0.15, 0.2) is 0 Å². The molecule has 9 aromatic rings. The fourth-order valence-corrected chi connectivity index (χ4v) is 13.6. The van der Waals surface area contributed by atoms with Crippen LogP contribution in [0.3, 0.4) is 0 Å². The highest BCUT2D eigenvalue weighted by Gasteiger charge is 2.25. The Morgan fingerprint density at radius 1 is 0.404 bits per heavy atom. The van der Waals surface area contributed by atoms with E-state index >= 15 is 0 Å². The lowest BCUT2D eigenvalue weighted by Crippen LogP contribution is -2.28. The molecule has 5 saturated carbocycles. The second-order valence-electron chi connectivity index (χ2n) is 27.0. The van der Waals surface area contributed by atoms with Gasteiger partial charge in [-0.25, -0.2) is 39.9 Å². The Morgan fingerprint density at radius 3 is 1.35 bits per heavy atom. The van der Waals surface area contributed by atoms with Crippen LogP contribution in [0.4, 0.5) is 23.8 Å². The van der Waals surface area contributed by atoms with Crippen LogP contribution in [0, 0.1) is 0 Å². The van der Waals surface area contributed by atoms with Gasteiger partial charge >= 0.3 is 0 Å². The molecule has 5 aromatic heterocycles. The number of rotatable bonds is 19. The molecule has 0 spiro atoms. The first-order valence-electron chi connectivity index (χ1n) is 36.0. The molecule has 0 radical (unpaired) electrons. The number of nitrogens with one attached hydrogen (secondary N) is 4. The summed E-state index contributed by atoms with van der Waals surface area (Å²) in [6, 6.07) is 30.7. The highest BCUT2D eigenvalue weighted by molar-refractivity contribution is 5.86. The molecule has 23 nitrogen and oxygen atoms in total. The predicted octanol–water partition coefficient (Wildman–Crippen LogP) is 12.6. The zero-order valence-corrected chi connectivity index (χ0v) is 56.9. The summed E-state index contributed by atoms with van der Waals surface area (Å²) in [6.07, 6.45) is 31.3. The molecule has 0 atom stereocenters. The highest BCUT2D eigenvalue weighted by Crippen LogP contribution is 2.33. The molecule has 526 valence electrons. The molecule has 4 aromatic carbocycles. The number of benzene rings is 4. The predicted molar refractivity (Wildman–Crippen MR) is 384 cm³/mol. The van der Waals surface area contributed by atoms with Gasteiger partial charge in [-0.1, -0.05) is 36.8 Å². The molecule has 8 N–H and O–H groups in total. The van der Waals surface area contributed by atoms with Crippen LogP contribution in [0.25, 0.3) is 43.6 Å². The first-order valence-corrected chi connectivity index (χ1v) is 36.0. The van der Waals surface area contributed by atoms with Gasteiger partial charge in [-0.3, -0.25) is 4.98 Å². The first kappa shape index (κ1) is 70.4. The van der Waals surface area contributed by atoms with E-state index < -0.39 is 0 Å². The normalized spacial score (nSPS) is 22.8. The highest BCUT2D eigenvalue weighted by atomic mass is 16.5. The number of aliphatic hydroxyl groups is 4. The van der Waals surface area contributed by atoms with Crippen LogP contribution in [0.2, 0.25) is 0 Å². The molecule has 23 heteroatoms. The summed E-state index contributed by atoms with van der Waals surface area (Å²) in [7, 11) is 1.65. The van der Waals surface area contributed by atoms with E-state index in [2.05, 4.69) is 61.1 Å². The van der Waals surface area contributed by atoms with Gasteiger partial charge in [0.1, 0.15) is 53.3 Å². The number of methoxy groups -OCH3 is 1. The van der Waals surface area contributed by atoms with Crippen LogP contribution in [-0.2, 0) is 16.1 Å². The van der Waals surface area contributed by atoms with Crippen molar-refractivity contribution >= 4 is 67.4 Å². The second-order valence-corrected chi connectivity index (χ2v) is 27.0. The number of para-hydroxylation sites is 2. The van der Waals surface area contributed by atoms with E-state index in [0.717, 1.165) is 214 Å². The van der Waals surface area contributed by atoms with Gasteiger partial charge in [0.2, 0.25) is 23.8 Å². The molecular weight excluding hydrogens is 1250 g/mol. The Morgan fingerprint density at radius 2 is 0.859 bits per heavy atom. The molecule has 1 saturated heterocycles. The molecule has 6 fully saturated rings. The number of ether oxygens (including phenoxy) is 6. The van der Waals surface area contributed by atoms with Crippen LogP contribution in [0.15, 0.2) is 122 Å². The molecule has 6 heterocycles. The summed E-state index contributed by atoms with van der Waals surface area (Å²) in [5.74, 6) is 5.77. The van der Waals surface area contributed by atoms with Crippen molar-refractivity contribution in [2.24, 2.45) is 0 Å². The van der Waals surface area contributed by atoms with E-state index in [1.165, 1.54) is 19.3 Å². The number of pyridine rings is 1. The van der Waals surface area contributed by atoms with E-state index in [1.807, 2.05) is 116 Å². The number of aliphatic hydroxyl groups excluding tert-OH is 4. The third kappa shape index (κ3) is 21.3. The third-order valence-electron chi connectivity index (χ3n) is 19.4. The van der Waals surface area contributed by atoms with E-state index in [-0.39, 0.29) is 30.5 Å². The average Bonchev–Trinajstić information content (AvgIpc) is 0.854. The van der Waals surface area contributed by atoms with Gasteiger partial charge in [0.05, 0.1) is 67.1 Å². The maximum absolute atomic E-state index is 9.65. The van der Waals surface area contributed by atoms with Gasteiger partial charge < -0.3 is 70.1 Å². The Bertz CT molecular complexity index is 3930. The number of aromatic nitrogens is 9. The molecule has 0 bridgehead atoms. The lowest BCUT2D eigenvalue weighted by atomic mass is 9.93. The summed E-state index contributed by atoms with van der Waals surface area (Å²) in [4.78, 5) is 40.6. The van der Waals surface area contributed by atoms with E-state index in [1.54, 1.807) is 13.3 Å². The van der Waals surface area contributed by atoms with Crippen molar-refractivity contribution in [3.05, 3.63) is 128 Å². The molecule has 15 rings (SSSR count). The van der Waals surface area contributed by atoms with Crippen LogP contribution < -0.4 is 40.2 Å². The fourth-order valence-electron chi connectivity index (χ4n) is 13.6. The minimum atomic E-state index is -0.163. The Hall–Kier alpha value is -8.45. The summed E-state index contributed by atoms with van der Waals surface area (Å²) in [6.45, 7) is 2.99. The lowest BCUT2D eigenvalue weighted by Gasteiger charge is -2.26. The SMILES string of the molecule is COCCOc1cccc2cnc(NC3CCC(O)CC3)nc12.OC1CCC(Nc2ncc3ccc(OC4CCOCC4)cc3n2)CC1.OC1CCC(Nc2ncc3ccc(OCc4ccccn4)cc3n2)CC1.OC1CCC(Nc2ncc3cccc(OC4CCCCC4)c3n2)CC1. The molecule has 6 aliphatic rings. The quantitative estimate of drug-likeness (QED) is 0.0349. The van der Waals surface area contributed by atoms with Crippen LogP contribution >= 0.6 is 0 Å². The second kappa shape index (κ2) is 36.1. The van der Waals surface area contributed by atoms with E-state index in [0.29, 0.717) is 73.9 Å². The number of nitrogens with zero attached hydrogens (tertiary/aromatic N) is 9. The van der Waals surface area contributed by atoms with Gasteiger partial charge in [0.25, 0.3) is 0 Å². The van der Waals surface area contributed by atoms with Crippen molar-refractivity contribution in [1.82, 2.24) is 44.9 Å². The smallest absolute Gasteiger partial charge is 0.223 e. The van der Waals surface area contributed by atoms with Crippen molar-refractivity contribution in [3.8, 4) is 23.0 Å². The number of hydrogen-bond donors (Lipinski definition) is 8. The largest absolute Gasteiger partial charge is 0.490 e. The minimum Gasteiger partial charge on any atom is -0.490 e. The van der Waals surface area contributed by atoms with Crippen molar-refractivity contribution < 1.29 is 48.8 Å². The Balaban J connectivity index is 0.000000125. The average molecular weight is 1350 g/mol. The van der Waals surface area contributed by atoms with Crippen molar-refractivity contribution in [2.75, 3.05) is 54.8 Å². The topological polar surface area (TPSA) is 300 Å². The van der Waals surface area contributed by atoms with Crippen molar-refractivity contribution in [3.63, 3.8) is 0 Å². The lowest BCUT2D eigenvalue weighted by molar-refractivity contribution is 0.0256. The zero-order chi connectivity index (χ0) is 68.0. The summed E-state index contributed by atoms with van der Waals surface area (Å²) in [5.41, 5.74) is 4.31. The molecular formula is C76H97N13O10. The zero-order valence-electron chi connectivity index (χ0n) is 56.9. The summed E-state index contributed by atoms with van der Waals surface area (Å²) < 4.78 is 34.3. The van der Waals surface area contributed by atoms with Crippen LogP contribution in [-0.4, -0.2) is 160 Å². The summed E-state index contributed by atoms with van der Waals surface area (Å²) >= 11 is 0. The maximum atomic E-state index is 9.65. The monoisotopic (exact) mass is 1350 g/mol. The van der Waals surface area contributed by atoms with E-state index in [9.17, 15) is 20.4 Å². The molecule has 99 heavy (non-hydrogen) atoms. The van der Waals surface area contributed by atoms with Crippen molar-refractivity contribution in [1.29, 1.82) is 0 Å². The molecule has 0 unspecified atom stereocenters. The molecule has 0 amide bonds. The number of anilines is 4. The maximum Gasteiger partial charge on any atom is 0.223 e. The standard InChI is InChI=1S/C20H22N4O2.C20H27N3O2.C19H25N3O3.C17H23N3O3/c25-17-7-5-15(6-8-17)23-20-22-12-14-4-9-18(11-19(14)24-20)26-13-16-3-1-2-10-21-16;24-16-11-9-15(10-12-16)22-20-21-13-14-5-4-8-18(19(14)23-20)25-17-6-2-1-3-7-17;23-15-4-2-14(3-5-15)21-19-20-12-13-1-6-17(11-18(13)22-19)25-16-7-9-24-10-8-16;1-22-9-10-23-15-4-2-3-12-11-18-17(20-16(12)15)19-13-5-7-14(21)8-6-13/h1-4,9-12,15,17,25H,5-8,13H2,(H,22,23,24);4-5,8,13,15-17,24H,1-3,6-7,9-12H2,(H,21,22,23);1,6,11-12,14-16,23H,2-5,7-10H2,(H,20,21,22);2-4,11,13-14,21H,5-10H2,1H3,(H,18,19,20). The first-order chi connectivity index (χ1) is 48.6. The Kier molecular flexibility index (Phi) is 25.6. The Labute approximate surface area is 579 Å². The van der Waals surface area contributed by atoms with Gasteiger partial charge in [0, 0.05) is 109 Å². The van der Waals surface area contributed by atoms with Crippen LogP contribution in [0.1, 0.15) is 153 Å². The van der Waals surface area contributed by atoms with Crippen LogP contribution in [0.5, 0.6) is 23.0 Å². The third-order valence-corrected chi connectivity index (χ3v) is 19.4. The van der Waals surface area contributed by atoms with Gasteiger partial charge in [-0.05, 0) is 177 Å². The number of hydrogen-bond acceptors (Lipinski definition) is 23. The van der Waals surface area contributed by atoms with Gasteiger partial charge in [-0.2, -0.15) is 0 Å². The van der Waals surface area contributed by atoms with Gasteiger partial charge in [-0.15, -0.1) is 0 Å². The van der Waals surface area contributed by atoms with E-state index in [4.69, 9.17) is 33.4 Å². The number of fused-ring (bicyclic) bond motifs is 4. The van der Waals surface area contributed by atoms with Crippen molar-refractivity contribution in [2.45, 2.75) is 215 Å².